The van der Waals surface area contributed by atoms with Crippen LogP contribution in [0.4, 0.5) is 14.6 Å². The van der Waals surface area contributed by atoms with Crippen molar-refractivity contribution in [3.8, 4) is 0 Å². The molecule has 0 unspecified atom stereocenters. The molecule has 28 heavy (non-hydrogen) atoms. The van der Waals surface area contributed by atoms with Crippen molar-refractivity contribution in [2.75, 3.05) is 25.6 Å². The Labute approximate surface area is 158 Å². The van der Waals surface area contributed by atoms with Gasteiger partial charge in [-0.15, -0.1) is 0 Å². The molecule has 1 aromatic rings. The van der Waals surface area contributed by atoms with Crippen LogP contribution >= 0.6 is 0 Å². The second kappa shape index (κ2) is 8.71. The number of aliphatic hydroxyl groups is 1. The van der Waals surface area contributed by atoms with Crippen molar-refractivity contribution in [1.29, 1.82) is 0 Å². The van der Waals surface area contributed by atoms with Gasteiger partial charge in [0.25, 0.3) is 0 Å². The van der Waals surface area contributed by atoms with Gasteiger partial charge in [0.2, 0.25) is 6.23 Å². The van der Waals surface area contributed by atoms with E-state index in [0.717, 1.165) is 12.3 Å². The zero-order chi connectivity index (χ0) is 21.1. The Hall–Kier alpha value is -2.44. The Kier molecular flexibility index (Phi) is 6.80. The normalized spacial score (nSPS) is 23.7. The molecular formula is C16H21F2N3O7. The number of hydrogen-bond acceptors (Lipinski definition) is 9. The fourth-order valence-corrected chi connectivity index (χ4v) is 2.33. The van der Waals surface area contributed by atoms with Crippen molar-refractivity contribution in [1.82, 2.24) is 9.55 Å². The van der Waals surface area contributed by atoms with Gasteiger partial charge in [0.1, 0.15) is 31.7 Å². The minimum absolute atomic E-state index is 0.162. The van der Waals surface area contributed by atoms with Crippen LogP contribution in [0, 0.1) is 5.92 Å². The monoisotopic (exact) mass is 405 g/mol. The predicted octanol–water partition coefficient (Wildman–Crippen LogP) is -0.496. The summed E-state index contributed by atoms with van der Waals surface area (Å²) in [7, 11) is 0. The van der Waals surface area contributed by atoms with Gasteiger partial charge in [0.05, 0.1) is 0 Å². The summed E-state index contributed by atoms with van der Waals surface area (Å²) in [5.74, 6) is -5.41. The number of carbonyl (C=O) groups excluding carboxylic acids is 2. The van der Waals surface area contributed by atoms with E-state index >= 15 is 0 Å². The minimum Gasteiger partial charge on any atom is -0.461 e. The molecule has 156 valence electrons. The number of aliphatic hydroxyl groups excluding tert-OH is 1. The van der Waals surface area contributed by atoms with E-state index in [-0.39, 0.29) is 24.1 Å². The number of nitrogens with two attached hydrogens (primary N) is 1. The molecule has 1 aromatic heterocycles. The van der Waals surface area contributed by atoms with Gasteiger partial charge in [0, 0.05) is 12.1 Å². The van der Waals surface area contributed by atoms with Crippen molar-refractivity contribution in [3.05, 3.63) is 22.7 Å². The molecule has 2 rings (SSSR count). The number of carbonyl (C=O) groups is 2. The van der Waals surface area contributed by atoms with Crippen LogP contribution in [0.25, 0.3) is 0 Å². The van der Waals surface area contributed by atoms with Gasteiger partial charge < -0.3 is 25.1 Å². The Morgan fingerprint density at radius 3 is 2.71 bits per heavy atom. The highest BCUT2D eigenvalue weighted by Gasteiger charge is 2.60. The molecule has 1 saturated heterocycles. The molecule has 0 aliphatic carbocycles. The Morgan fingerprint density at radius 1 is 1.43 bits per heavy atom. The number of hydrogen-bond donors (Lipinski definition) is 2. The van der Waals surface area contributed by atoms with Crippen LogP contribution in [0.3, 0.4) is 0 Å². The van der Waals surface area contributed by atoms with Crippen LogP contribution < -0.4 is 11.4 Å². The van der Waals surface area contributed by atoms with E-state index in [1.807, 2.05) is 0 Å². The number of anilines is 1. The van der Waals surface area contributed by atoms with Gasteiger partial charge in [-0.1, -0.05) is 13.8 Å². The minimum atomic E-state index is -3.85. The van der Waals surface area contributed by atoms with Crippen molar-refractivity contribution in [2.45, 2.75) is 38.2 Å². The first-order valence-corrected chi connectivity index (χ1v) is 8.36. The molecule has 10 nitrogen and oxygen atoms in total. The van der Waals surface area contributed by atoms with Crippen molar-refractivity contribution < 1.29 is 37.7 Å². The third-order valence-corrected chi connectivity index (χ3v) is 4.00. The fourth-order valence-electron chi connectivity index (χ4n) is 2.33. The summed E-state index contributed by atoms with van der Waals surface area (Å²) in [4.78, 5) is 38.1. The van der Waals surface area contributed by atoms with Crippen LogP contribution in [0.2, 0.25) is 0 Å². The summed E-state index contributed by atoms with van der Waals surface area (Å²) in [6.07, 6.45) is -5.11. The third-order valence-electron chi connectivity index (χ3n) is 4.00. The van der Waals surface area contributed by atoms with Gasteiger partial charge in [-0.25, -0.2) is 9.59 Å². The van der Waals surface area contributed by atoms with Crippen molar-refractivity contribution in [3.63, 3.8) is 0 Å². The maximum atomic E-state index is 14.3. The lowest BCUT2D eigenvalue weighted by atomic mass is 10.1. The summed E-state index contributed by atoms with van der Waals surface area (Å²) in [6.45, 7) is 1.78. The molecule has 1 aliphatic heterocycles. The predicted molar refractivity (Wildman–Crippen MR) is 89.4 cm³/mol. The maximum absolute atomic E-state index is 14.3. The maximum Gasteiger partial charge on any atom is 0.351 e. The molecule has 3 atom stereocenters. The standard InChI is InChI=1S/C16H21F2N3O7/c1-8(2)9(22)5-26-7-12(23)27-6-10-13(24)16(17,18)14(28-10)21-4-3-11(19)20-15(21)25/h3-4,8,10,13-14,24H,5-7H2,1-2H3,(H2,19,20,25)/t10-,13+,14-/m1/s1. The zero-order valence-electron chi connectivity index (χ0n) is 15.2. The van der Waals surface area contributed by atoms with Crippen LogP contribution in [-0.4, -0.2) is 64.4 Å². The van der Waals surface area contributed by atoms with E-state index < -0.39 is 49.2 Å². The number of ether oxygens (including phenoxy) is 3. The number of aromatic nitrogens is 2. The van der Waals surface area contributed by atoms with E-state index in [0.29, 0.717) is 4.57 Å². The number of rotatable bonds is 8. The topological polar surface area (TPSA) is 143 Å². The molecule has 1 fully saturated rings. The summed E-state index contributed by atoms with van der Waals surface area (Å²) >= 11 is 0. The second-order valence-corrected chi connectivity index (χ2v) is 6.49. The Morgan fingerprint density at radius 2 is 2.11 bits per heavy atom. The average molecular weight is 405 g/mol. The first-order valence-electron chi connectivity index (χ1n) is 8.36. The van der Waals surface area contributed by atoms with E-state index in [1.54, 1.807) is 13.8 Å². The van der Waals surface area contributed by atoms with E-state index in [9.17, 15) is 28.3 Å². The number of alkyl halides is 2. The number of Topliss-reactive ketones (excluding diaryl/α,β-unsaturated/α-hetero) is 1. The largest absolute Gasteiger partial charge is 0.461 e. The molecule has 3 N–H and O–H groups in total. The fraction of sp³-hybridized carbons (Fsp3) is 0.625. The quantitative estimate of drug-likeness (QED) is 0.547. The molecule has 0 spiro atoms. The Bertz CT molecular complexity index is 784. The van der Waals surface area contributed by atoms with Gasteiger partial charge in [-0.05, 0) is 6.07 Å². The molecule has 1 aliphatic rings. The van der Waals surface area contributed by atoms with Crippen molar-refractivity contribution >= 4 is 17.6 Å². The van der Waals surface area contributed by atoms with Gasteiger partial charge in [-0.2, -0.15) is 13.8 Å². The van der Waals surface area contributed by atoms with Crippen LogP contribution in [0.5, 0.6) is 0 Å². The summed E-state index contributed by atoms with van der Waals surface area (Å²) in [5.41, 5.74) is 4.23. The SMILES string of the molecule is CC(C)C(=O)COCC(=O)OC[C@H]1O[C@@H](n2ccc(N)nc2=O)C(F)(F)[C@H]1O. The highest BCUT2D eigenvalue weighted by Crippen LogP contribution is 2.42. The second-order valence-electron chi connectivity index (χ2n) is 6.49. The van der Waals surface area contributed by atoms with Gasteiger partial charge in [-0.3, -0.25) is 9.36 Å². The lowest BCUT2D eigenvalue weighted by molar-refractivity contribution is -0.156. The molecule has 0 amide bonds. The number of ketones is 1. The zero-order valence-corrected chi connectivity index (χ0v) is 15.2. The van der Waals surface area contributed by atoms with Crippen LogP contribution in [-0.2, 0) is 23.8 Å². The van der Waals surface area contributed by atoms with Gasteiger partial charge in [0.15, 0.2) is 11.9 Å². The van der Waals surface area contributed by atoms with E-state index in [1.165, 1.54) is 0 Å². The lowest BCUT2D eigenvalue weighted by Gasteiger charge is -2.20. The van der Waals surface area contributed by atoms with Crippen LogP contribution in [0.1, 0.15) is 20.1 Å². The summed E-state index contributed by atoms with van der Waals surface area (Å²) in [5, 5.41) is 9.81. The molecular weight excluding hydrogens is 384 g/mol. The molecule has 0 bridgehead atoms. The van der Waals surface area contributed by atoms with E-state index in [4.69, 9.17) is 19.9 Å². The number of esters is 1. The Balaban J connectivity index is 1.93. The molecule has 0 aromatic carbocycles. The average Bonchev–Trinajstić information content (AvgIpc) is 2.83. The molecule has 2 heterocycles. The lowest BCUT2D eigenvalue weighted by Crippen LogP contribution is -2.42. The van der Waals surface area contributed by atoms with Crippen LogP contribution in [0.15, 0.2) is 17.1 Å². The smallest absolute Gasteiger partial charge is 0.351 e. The summed E-state index contributed by atoms with van der Waals surface area (Å²) in [6, 6.07) is 1.12. The first-order chi connectivity index (χ1) is 13.0. The number of halogens is 2. The van der Waals surface area contributed by atoms with Gasteiger partial charge >= 0.3 is 17.6 Å². The van der Waals surface area contributed by atoms with E-state index in [2.05, 4.69) is 4.98 Å². The summed E-state index contributed by atoms with van der Waals surface area (Å²) < 4.78 is 43.8. The highest BCUT2D eigenvalue weighted by molar-refractivity contribution is 5.81. The van der Waals surface area contributed by atoms with Crippen molar-refractivity contribution in [2.24, 2.45) is 5.92 Å². The number of nitrogens with zero attached hydrogens (tertiary/aromatic N) is 2. The first kappa shape index (κ1) is 21.9. The molecule has 12 heteroatoms. The molecule has 0 radical (unpaired) electrons. The molecule has 0 saturated carbocycles. The third kappa shape index (κ3) is 4.88. The number of nitrogen functional groups attached to an aromatic ring is 1. The highest BCUT2D eigenvalue weighted by atomic mass is 19.3.